The highest BCUT2D eigenvalue weighted by molar-refractivity contribution is 7.92. The minimum atomic E-state index is -3.38. The number of nitrogens with one attached hydrogen (secondary N) is 3. The molecule has 1 aliphatic rings. The number of rotatable bonds is 11. The monoisotopic (exact) mass is 664 g/mol. The second-order valence-corrected chi connectivity index (χ2v) is 13.1. The molecule has 1 fully saturated rings. The van der Waals surface area contributed by atoms with Crippen LogP contribution in [0.3, 0.4) is 0 Å². The van der Waals surface area contributed by atoms with Crippen LogP contribution < -0.4 is 25.8 Å². The maximum Gasteiger partial charge on any atom is 0.319 e. The second-order valence-electron chi connectivity index (χ2n) is 11.3. The first-order valence-corrected chi connectivity index (χ1v) is 16.7. The molecule has 2 unspecified atom stereocenters. The van der Waals surface area contributed by atoms with Gasteiger partial charge in [-0.05, 0) is 60.7 Å². The van der Waals surface area contributed by atoms with Gasteiger partial charge in [0.2, 0.25) is 15.9 Å². The number of ether oxygens (including phenoxy) is 1. The van der Waals surface area contributed by atoms with Gasteiger partial charge in [-0.25, -0.2) is 27.0 Å². The van der Waals surface area contributed by atoms with Gasteiger partial charge in [0, 0.05) is 49.2 Å². The number of piperidine rings is 1. The average Bonchev–Trinajstić information content (AvgIpc) is 3.01. The Bertz CT molecular complexity index is 1830. The average molecular weight is 665 g/mol. The Kier molecular flexibility index (Phi) is 10.3. The van der Waals surface area contributed by atoms with Crippen molar-refractivity contribution in [2.24, 2.45) is 5.73 Å². The van der Waals surface area contributed by atoms with E-state index in [2.05, 4.69) is 25.2 Å². The van der Waals surface area contributed by atoms with Gasteiger partial charge >= 0.3 is 6.03 Å². The summed E-state index contributed by atoms with van der Waals surface area (Å²) in [4.78, 5) is 31.1. The largest absolute Gasteiger partial charge is 0.439 e. The summed E-state index contributed by atoms with van der Waals surface area (Å²) < 4.78 is 59.2. The van der Waals surface area contributed by atoms with Gasteiger partial charge in [0.1, 0.15) is 17.4 Å². The summed E-state index contributed by atoms with van der Waals surface area (Å²) in [6.07, 6.45) is 4.78. The molecule has 3 amide bonds. The zero-order chi connectivity index (χ0) is 33.6. The summed E-state index contributed by atoms with van der Waals surface area (Å²) in [6.45, 7) is 1.26. The van der Waals surface area contributed by atoms with E-state index in [4.69, 9.17) is 10.5 Å². The van der Waals surface area contributed by atoms with Crippen LogP contribution in [0.25, 0.3) is 0 Å². The Morgan fingerprint density at radius 2 is 1.74 bits per heavy atom. The molecule has 246 valence electrons. The lowest BCUT2D eigenvalue weighted by atomic mass is 9.91. The molecule has 0 radical (unpaired) electrons. The van der Waals surface area contributed by atoms with Gasteiger partial charge in [0.15, 0.2) is 0 Å². The fourth-order valence-electron chi connectivity index (χ4n) is 5.44. The summed E-state index contributed by atoms with van der Waals surface area (Å²) in [7, 11) is -3.38. The van der Waals surface area contributed by atoms with Crippen molar-refractivity contribution in [2.75, 3.05) is 22.8 Å². The molecule has 14 heteroatoms. The molecule has 2 atom stereocenters. The van der Waals surface area contributed by atoms with E-state index in [-0.39, 0.29) is 17.8 Å². The van der Waals surface area contributed by atoms with Crippen LogP contribution in [0, 0.1) is 11.6 Å². The Labute approximate surface area is 271 Å². The number of likely N-dealkylation sites (tertiary alicyclic amines) is 1. The number of sulfonamides is 1. The number of benzene rings is 3. The normalized spacial score (nSPS) is 16.7. The van der Waals surface area contributed by atoms with Crippen LogP contribution in [-0.4, -0.2) is 55.1 Å². The number of amides is 3. The van der Waals surface area contributed by atoms with Crippen molar-refractivity contribution in [3.05, 3.63) is 113 Å². The van der Waals surface area contributed by atoms with Gasteiger partial charge in [-0.3, -0.25) is 14.4 Å². The molecule has 3 aromatic carbocycles. The molecule has 2 heterocycles. The maximum absolute atomic E-state index is 14.3. The van der Waals surface area contributed by atoms with Crippen molar-refractivity contribution >= 4 is 33.3 Å². The van der Waals surface area contributed by atoms with Gasteiger partial charge in [0.05, 0.1) is 17.5 Å². The maximum atomic E-state index is 14.3. The Morgan fingerprint density at radius 1 is 1.00 bits per heavy atom. The van der Waals surface area contributed by atoms with Crippen LogP contribution in [-0.2, 0) is 23.0 Å². The number of urea groups is 1. The summed E-state index contributed by atoms with van der Waals surface area (Å²) in [6, 6.07) is 20.7. The van der Waals surface area contributed by atoms with E-state index in [1.54, 1.807) is 36.5 Å². The van der Waals surface area contributed by atoms with E-state index >= 15 is 0 Å². The number of halogens is 2. The lowest BCUT2D eigenvalue weighted by molar-refractivity contribution is 0.0996. The van der Waals surface area contributed by atoms with Crippen molar-refractivity contribution in [2.45, 2.75) is 37.9 Å². The third-order valence-corrected chi connectivity index (χ3v) is 8.23. The van der Waals surface area contributed by atoms with Gasteiger partial charge < -0.3 is 21.1 Å². The minimum Gasteiger partial charge on any atom is -0.439 e. The van der Waals surface area contributed by atoms with Crippen molar-refractivity contribution in [1.82, 2.24) is 15.2 Å². The number of nitrogens with zero attached hydrogens (tertiary/aromatic N) is 2. The molecule has 0 spiro atoms. The number of hydrogen-bond acceptors (Lipinski definition) is 7. The fraction of sp³-hybridized carbons (Fsp3) is 0.242. The van der Waals surface area contributed by atoms with E-state index in [1.807, 2.05) is 36.4 Å². The van der Waals surface area contributed by atoms with Crippen molar-refractivity contribution in [1.29, 1.82) is 0 Å². The topological polar surface area (TPSA) is 156 Å². The van der Waals surface area contributed by atoms with Crippen molar-refractivity contribution in [3.63, 3.8) is 0 Å². The Morgan fingerprint density at radius 3 is 2.40 bits per heavy atom. The molecule has 1 aliphatic heterocycles. The first-order valence-electron chi connectivity index (χ1n) is 14.8. The molecular weight excluding hydrogens is 630 g/mol. The number of anilines is 2. The van der Waals surface area contributed by atoms with Crippen LogP contribution in [0.1, 0.15) is 34.3 Å². The van der Waals surface area contributed by atoms with E-state index in [1.165, 1.54) is 0 Å². The number of carbonyl (C=O) groups is 2. The third kappa shape index (κ3) is 9.47. The number of nitrogens with two attached hydrogens (primary N) is 1. The van der Waals surface area contributed by atoms with Crippen molar-refractivity contribution in [3.8, 4) is 11.6 Å². The molecule has 4 aromatic rings. The Hall–Kier alpha value is -5.08. The number of carbonyl (C=O) groups excluding carboxylic acids is 2. The molecule has 1 aromatic heterocycles. The molecule has 5 rings (SSSR count). The highest BCUT2D eigenvalue weighted by Gasteiger charge is 2.30. The fourth-order valence-corrected chi connectivity index (χ4v) is 6.00. The summed E-state index contributed by atoms with van der Waals surface area (Å²) >= 11 is 0. The van der Waals surface area contributed by atoms with Crippen LogP contribution in [0.15, 0.2) is 85.1 Å². The first kappa shape index (κ1) is 33.3. The predicted molar refractivity (Wildman–Crippen MR) is 174 cm³/mol. The standard InChI is InChI=1S/C33H34F2N6O5S/c1-47(44,45)40-23-8-10-26(11-9-23)46-31-12-7-22(19-37-31)20-41-14-13-24(16-25(41)15-21-5-3-2-4-6-21)38-33(43)39-30-17-27(32(36)42)28(34)18-29(30)35/h2-12,17-19,24-25,40H,13-16,20H2,1H3,(H2,36,42)(H2,38,39,43). The molecule has 47 heavy (non-hydrogen) atoms. The zero-order valence-corrected chi connectivity index (χ0v) is 26.3. The third-order valence-electron chi connectivity index (χ3n) is 7.62. The predicted octanol–water partition coefficient (Wildman–Crippen LogP) is 5.02. The zero-order valence-electron chi connectivity index (χ0n) is 25.5. The highest BCUT2D eigenvalue weighted by atomic mass is 32.2. The first-order chi connectivity index (χ1) is 22.4. The van der Waals surface area contributed by atoms with E-state index in [0.29, 0.717) is 49.3 Å². The van der Waals surface area contributed by atoms with Gasteiger partial charge in [-0.2, -0.15) is 0 Å². The SMILES string of the molecule is CS(=O)(=O)Nc1ccc(Oc2ccc(CN3CCC(NC(=O)Nc4cc(C(N)=O)c(F)cc4F)CC3Cc3ccccc3)cn2)cc1. The molecule has 0 aliphatic carbocycles. The van der Waals surface area contributed by atoms with Gasteiger partial charge in [0.25, 0.3) is 5.91 Å². The van der Waals surface area contributed by atoms with E-state index in [9.17, 15) is 26.8 Å². The summed E-state index contributed by atoms with van der Waals surface area (Å²) in [5.74, 6) is -2.32. The molecule has 1 saturated heterocycles. The molecule has 0 bridgehead atoms. The number of primary amides is 1. The van der Waals surface area contributed by atoms with Gasteiger partial charge in [-0.1, -0.05) is 36.4 Å². The molecular formula is C33H34F2N6O5S. The second kappa shape index (κ2) is 14.6. The number of hydrogen-bond donors (Lipinski definition) is 4. The van der Waals surface area contributed by atoms with Crippen LogP contribution in [0.4, 0.5) is 25.0 Å². The molecule has 5 N–H and O–H groups in total. The summed E-state index contributed by atoms with van der Waals surface area (Å²) in [5, 5.41) is 5.26. The highest BCUT2D eigenvalue weighted by Crippen LogP contribution is 2.26. The quantitative estimate of drug-likeness (QED) is 0.176. The molecule has 11 nitrogen and oxygen atoms in total. The molecule has 0 saturated carbocycles. The smallest absolute Gasteiger partial charge is 0.319 e. The lowest BCUT2D eigenvalue weighted by Gasteiger charge is -2.40. The lowest BCUT2D eigenvalue weighted by Crippen LogP contribution is -2.51. The van der Waals surface area contributed by atoms with Crippen molar-refractivity contribution < 1.29 is 31.5 Å². The number of pyridine rings is 1. The van der Waals surface area contributed by atoms with E-state index in [0.717, 1.165) is 29.9 Å². The van der Waals surface area contributed by atoms with Crippen LogP contribution in [0.2, 0.25) is 0 Å². The van der Waals surface area contributed by atoms with Gasteiger partial charge in [-0.15, -0.1) is 0 Å². The summed E-state index contributed by atoms with van der Waals surface area (Å²) in [5.41, 5.74) is 6.81. The minimum absolute atomic E-state index is 0.0513. The van der Waals surface area contributed by atoms with E-state index < -0.39 is 39.2 Å². The van der Waals surface area contributed by atoms with Crippen LogP contribution >= 0.6 is 0 Å². The number of aromatic nitrogens is 1. The van der Waals surface area contributed by atoms with Crippen LogP contribution in [0.5, 0.6) is 11.6 Å². The Balaban J connectivity index is 1.22.